The summed E-state index contributed by atoms with van der Waals surface area (Å²) in [5.41, 5.74) is 0. The van der Waals surface area contributed by atoms with Crippen LogP contribution < -0.4 is 0 Å². The molecule has 0 bridgehead atoms. The van der Waals surface area contributed by atoms with Crippen LogP contribution in [0.2, 0.25) is 0 Å². The van der Waals surface area contributed by atoms with E-state index in [1.54, 1.807) is 18.9 Å². The van der Waals surface area contributed by atoms with Gasteiger partial charge >= 0.3 is 5.97 Å². The lowest BCUT2D eigenvalue weighted by molar-refractivity contribution is -0.138. The number of nitrogens with zero attached hydrogens (tertiary/aromatic N) is 2. The van der Waals surface area contributed by atoms with Crippen LogP contribution in [0.1, 0.15) is 19.8 Å². The third kappa shape index (κ3) is 3.51. The van der Waals surface area contributed by atoms with Gasteiger partial charge in [-0.25, -0.2) is 0 Å². The molecule has 0 aliphatic carbocycles. The molecule has 1 aliphatic heterocycles. The van der Waals surface area contributed by atoms with Gasteiger partial charge in [-0.15, -0.1) is 0 Å². The zero-order valence-electron chi connectivity index (χ0n) is 9.27. The molecule has 5 nitrogen and oxygen atoms in total. The van der Waals surface area contributed by atoms with Crippen molar-refractivity contribution in [1.82, 2.24) is 9.80 Å². The van der Waals surface area contributed by atoms with Crippen molar-refractivity contribution in [3.63, 3.8) is 0 Å². The van der Waals surface area contributed by atoms with Gasteiger partial charge in [0.25, 0.3) is 0 Å². The summed E-state index contributed by atoms with van der Waals surface area (Å²) in [6.07, 6.45) is 1.99. The van der Waals surface area contributed by atoms with Gasteiger partial charge in [0.2, 0.25) is 5.91 Å². The molecule has 0 saturated carbocycles. The summed E-state index contributed by atoms with van der Waals surface area (Å²) in [5, 5.41) is 8.61. The van der Waals surface area contributed by atoms with E-state index in [0.717, 1.165) is 19.4 Å². The maximum atomic E-state index is 11.3. The highest BCUT2D eigenvalue weighted by molar-refractivity contribution is 5.74. The average molecular weight is 214 g/mol. The van der Waals surface area contributed by atoms with Gasteiger partial charge in [-0.3, -0.25) is 14.5 Å². The third-order valence-corrected chi connectivity index (χ3v) is 2.71. The molecule has 0 aromatic heterocycles. The van der Waals surface area contributed by atoms with Crippen LogP contribution in [0.3, 0.4) is 0 Å². The van der Waals surface area contributed by atoms with Crippen molar-refractivity contribution in [1.29, 1.82) is 0 Å². The van der Waals surface area contributed by atoms with E-state index in [1.807, 2.05) is 4.90 Å². The molecule has 1 fully saturated rings. The number of carboxylic acid groups (broad SMARTS) is 1. The van der Waals surface area contributed by atoms with Crippen LogP contribution in [0.15, 0.2) is 0 Å². The van der Waals surface area contributed by atoms with Crippen molar-refractivity contribution in [3.8, 4) is 0 Å². The second-order valence-corrected chi connectivity index (χ2v) is 4.10. The summed E-state index contributed by atoms with van der Waals surface area (Å²) < 4.78 is 0. The first-order valence-corrected chi connectivity index (χ1v) is 5.18. The van der Waals surface area contributed by atoms with Crippen molar-refractivity contribution in [2.75, 3.05) is 26.7 Å². The van der Waals surface area contributed by atoms with Crippen molar-refractivity contribution in [3.05, 3.63) is 0 Å². The molecule has 1 heterocycles. The van der Waals surface area contributed by atoms with Gasteiger partial charge in [0.05, 0.1) is 6.54 Å². The second-order valence-electron chi connectivity index (χ2n) is 4.10. The fraction of sp³-hybridized carbons (Fsp3) is 0.800. The summed E-state index contributed by atoms with van der Waals surface area (Å²) >= 11 is 0. The van der Waals surface area contributed by atoms with Gasteiger partial charge in [0.15, 0.2) is 0 Å². The predicted molar refractivity (Wildman–Crippen MR) is 55.5 cm³/mol. The van der Waals surface area contributed by atoms with E-state index in [-0.39, 0.29) is 18.5 Å². The minimum absolute atomic E-state index is 0.0300. The molecule has 1 rings (SSSR count). The molecule has 0 radical (unpaired) electrons. The quantitative estimate of drug-likeness (QED) is 0.716. The lowest BCUT2D eigenvalue weighted by Crippen LogP contribution is -2.42. The fourth-order valence-electron chi connectivity index (χ4n) is 2.10. The summed E-state index contributed by atoms with van der Waals surface area (Å²) in [4.78, 5) is 25.3. The first-order chi connectivity index (χ1) is 7.00. The van der Waals surface area contributed by atoms with Gasteiger partial charge < -0.3 is 10.0 Å². The number of amides is 1. The standard InChI is InChI=1S/C10H18N2O3/c1-8(13)12-5-3-4-9(12)6-11(2)7-10(14)15/h9H,3-7H2,1-2H3,(H,14,15)/t9-/m1/s1. The molecule has 0 unspecified atom stereocenters. The van der Waals surface area contributed by atoms with Crippen LogP contribution in [-0.2, 0) is 9.59 Å². The Kier molecular flexibility index (Phi) is 4.08. The van der Waals surface area contributed by atoms with Gasteiger partial charge in [-0.05, 0) is 19.9 Å². The number of carbonyl (C=O) groups excluding carboxylic acids is 1. The van der Waals surface area contributed by atoms with E-state index in [4.69, 9.17) is 5.11 Å². The van der Waals surface area contributed by atoms with Crippen LogP contribution in [0, 0.1) is 0 Å². The molecule has 86 valence electrons. The Bertz CT molecular complexity index is 255. The topological polar surface area (TPSA) is 60.9 Å². The smallest absolute Gasteiger partial charge is 0.317 e. The first kappa shape index (κ1) is 12.0. The average Bonchev–Trinajstić information content (AvgIpc) is 2.50. The van der Waals surface area contributed by atoms with Crippen LogP contribution >= 0.6 is 0 Å². The monoisotopic (exact) mass is 214 g/mol. The maximum Gasteiger partial charge on any atom is 0.317 e. The highest BCUT2D eigenvalue weighted by Crippen LogP contribution is 2.17. The van der Waals surface area contributed by atoms with Crippen LogP contribution in [-0.4, -0.2) is 59.5 Å². The van der Waals surface area contributed by atoms with Gasteiger partial charge in [-0.1, -0.05) is 0 Å². The van der Waals surface area contributed by atoms with E-state index >= 15 is 0 Å². The minimum atomic E-state index is -0.829. The molecular weight excluding hydrogens is 196 g/mol. The largest absolute Gasteiger partial charge is 0.480 e. The van der Waals surface area contributed by atoms with E-state index in [0.29, 0.717) is 6.54 Å². The number of likely N-dealkylation sites (tertiary alicyclic amines) is 1. The maximum absolute atomic E-state index is 11.3. The zero-order valence-corrected chi connectivity index (χ0v) is 9.27. The molecular formula is C10H18N2O3. The highest BCUT2D eigenvalue weighted by Gasteiger charge is 2.27. The van der Waals surface area contributed by atoms with Gasteiger partial charge in [0, 0.05) is 26.1 Å². The molecule has 1 aliphatic rings. The fourth-order valence-corrected chi connectivity index (χ4v) is 2.10. The second kappa shape index (κ2) is 5.11. The molecule has 1 amide bonds. The number of hydrogen-bond donors (Lipinski definition) is 1. The first-order valence-electron chi connectivity index (χ1n) is 5.18. The van der Waals surface area contributed by atoms with Crippen LogP contribution in [0.25, 0.3) is 0 Å². The summed E-state index contributed by atoms with van der Waals surface area (Å²) in [5.74, 6) is -0.744. The molecule has 1 atom stereocenters. The number of carboxylic acids is 1. The van der Waals surface area contributed by atoms with E-state index in [1.165, 1.54) is 0 Å². The summed E-state index contributed by atoms with van der Waals surface area (Å²) in [6, 6.07) is 0.187. The van der Waals surface area contributed by atoms with Crippen LogP contribution in [0.5, 0.6) is 0 Å². The minimum Gasteiger partial charge on any atom is -0.480 e. The summed E-state index contributed by atoms with van der Waals surface area (Å²) in [6.45, 7) is 3.05. The SMILES string of the molecule is CC(=O)N1CCC[C@@H]1CN(C)CC(=O)O. The van der Waals surface area contributed by atoms with Crippen molar-refractivity contribution < 1.29 is 14.7 Å². The highest BCUT2D eigenvalue weighted by atomic mass is 16.4. The predicted octanol–water partition coefficient (Wildman–Crippen LogP) is 0.0137. The molecule has 5 heteroatoms. The number of hydrogen-bond acceptors (Lipinski definition) is 3. The Labute approximate surface area is 89.7 Å². The lowest BCUT2D eigenvalue weighted by Gasteiger charge is -2.27. The van der Waals surface area contributed by atoms with Crippen LogP contribution in [0.4, 0.5) is 0 Å². The van der Waals surface area contributed by atoms with E-state index in [2.05, 4.69) is 0 Å². The van der Waals surface area contributed by atoms with Crippen molar-refractivity contribution in [2.45, 2.75) is 25.8 Å². The molecule has 0 aromatic rings. The molecule has 15 heavy (non-hydrogen) atoms. The van der Waals surface area contributed by atoms with Gasteiger partial charge in [-0.2, -0.15) is 0 Å². The summed E-state index contributed by atoms with van der Waals surface area (Å²) in [7, 11) is 1.77. The Morgan fingerprint density at radius 1 is 1.53 bits per heavy atom. The third-order valence-electron chi connectivity index (χ3n) is 2.71. The number of likely N-dealkylation sites (N-methyl/N-ethyl adjacent to an activating group) is 1. The zero-order chi connectivity index (χ0) is 11.4. The van der Waals surface area contributed by atoms with E-state index in [9.17, 15) is 9.59 Å². The van der Waals surface area contributed by atoms with Crippen molar-refractivity contribution in [2.24, 2.45) is 0 Å². The van der Waals surface area contributed by atoms with E-state index < -0.39 is 5.97 Å². The van der Waals surface area contributed by atoms with Gasteiger partial charge in [0.1, 0.15) is 0 Å². The number of aliphatic carboxylic acids is 1. The Balaban J connectivity index is 2.43. The number of rotatable bonds is 4. The normalized spacial score (nSPS) is 21.0. The molecule has 0 aromatic carbocycles. The lowest BCUT2D eigenvalue weighted by atomic mass is 10.2. The molecule has 0 spiro atoms. The Morgan fingerprint density at radius 2 is 2.20 bits per heavy atom. The number of carbonyl (C=O) groups is 2. The Morgan fingerprint density at radius 3 is 2.73 bits per heavy atom. The molecule has 1 saturated heterocycles. The Hall–Kier alpha value is -1.10. The molecule has 1 N–H and O–H groups in total. The van der Waals surface area contributed by atoms with Crippen molar-refractivity contribution >= 4 is 11.9 Å².